The van der Waals surface area contributed by atoms with Gasteiger partial charge in [-0.05, 0) is 13.3 Å². The first-order valence-electron chi connectivity index (χ1n) is 5.85. The van der Waals surface area contributed by atoms with Gasteiger partial charge in [0, 0.05) is 18.3 Å². The van der Waals surface area contributed by atoms with Crippen LogP contribution in [0, 0.1) is 6.92 Å². The molecule has 2 rings (SSSR count). The maximum absolute atomic E-state index is 5.25. The summed E-state index contributed by atoms with van der Waals surface area (Å²) in [6.45, 7) is 4.71. The zero-order valence-electron chi connectivity index (χ0n) is 11.0. The molecule has 0 aliphatic carbocycles. The van der Waals surface area contributed by atoms with Crippen molar-refractivity contribution in [2.24, 2.45) is 0 Å². The summed E-state index contributed by atoms with van der Waals surface area (Å²) in [6, 6.07) is 0.263. The van der Waals surface area contributed by atoms with E-state index in [-0.39, 0.29) is 6.01 Å². The van der Waals surface area contributed by atoms with E-state index in [0.29, 0.717) is 16.3 Å². The Labute approximate surface area is 115 Å². The van der Waals surface area contributed by atoms with Crippen molar-refractivity contribution in [3.63, 3.8) is 0 Å². The molecule has 0 amide bonds. The molecule has 0 atom stereocenters. The first-order chi connectivity index (χ1) is 9.21. The number of nitrogens with zero attached hydrogens (tertiary/aromatic N) is 4. The van der Waals surface area contributed by atoms with Crippen LogP contribution in [-0.2, 0) is 0 Å². The molecule has 0 radical (unpaired) electrons. The fourth-order valence-electron chi connectivity index (χ4n) is 1.25. The van der Waals surface area contributed by atoms with E-state index >= 15 is 0 Å². The maximum Gasteiger partial charge on any atom is 0.321 e. The minimum absolute atomic E-state index is 0.263. The molecule has 0 bridgehead atoms. The average molecular weight is 281 g/mol. The van der Waals surface area contributed by atoms with Crippen LogP contribution in [0.15, 0.2) is 21.1 Å². The zero-order chi connectivity index (χ0) is 13.7. The highest BCUT2D eigenvalue weighted by Crippen LogP contribution is 2.25. The first kappa shape index (κ1) is 13.6. The van der Waals surface area contributed by atoms with Gasteiger partial charge in [0.1, 0.15) is 6.26 Å². The third-order valence-corrected chi connectivity index (χ3v) is 2.81. The normalized spacial score (nSPS) is 10.5. The molecule has 2 aromatic rings. The molecular weight excluding hydrogens is 266 g/mol. The van der Waals surface area contributed by atoms with Gasteiger partial charge in [0.05, 0.1) is 12.8 Å². The molecule has 0 unspecified atom stereocenters. The Bertz CT molecular complexity index is 546. The number of oxazole rings is 1. The standard InChI is InChI=1S/C11H15N5O2S/c1-4-5-12-8-14-9(17-3)16-10(15-8)19-11-13-7(2)6-18-11/h6H,4-5H2,1-3H3,(H,12,14,15,16). The fraction of sp³-hybridized carbons (Fsp3) is 0.455. The lowest BCUT2D eigenvalue weighted by atomic mass is 10.5. The molecule has 0 aliphatic rings. The van der Waals surface area contributed by atoms with Crippen molar-refractivity contribution in [1.29, 1.82) is 0 Å². The summed E-state index contributed by atoms with van der Waals surface area (Å²) in [5.41, 5.74) is 0.813. The predicted octanol–water partition coefficient (Wildman–Crippen LogP) is 2.15. The van der Waals surface area contributed by atoms with Crippen LogP contribution in [0.1, 0.15) is 19.0 Å². The van der Waals surface area contributed by atoms with Gasteiger partial charge in [-0.25, -0.2) is 4.98 Å². The molecule has 0 saturated carbocycles. The highest BCUT2D eigenvalue weighted by Gasteiger charge is 2.11. The van der Waals surface area contributed by atoms with E-state index in [4.69, 9.17) is 9.15 Å². The Morgan fingerprint density at radius 3 is 2.79 bits per heavy atom. The Balaban J connectivity index is 2.18. The van der Waals surface area contributed by atoms with Gasteiger partial charge in [-0.2, -0.15) is 15.0 Å². The molecule has 2 aromatic heterocycles. The Morgan fingerprint density at radius 1 is 1.32 bits per heavy atom. The molecule has 0 spiro atoms. The SMILES string of the molecule is CCCNc1nc(OC)nc(Sc2nc(C)co2)n1. The number of rotatable bonds is 6. The summed E-state index contributed by atoms with van der Waals surface area (Å²) in [4.78, 5) is 16.7. The second-order valence-corrected chi connectivity index (χ2v) is 4.63. The summed E-state index contributed by atoms with van der Waals surface area (Å²) >= 11 is 1.23. The van der Waals surface area contributed by atoms with Gasteiger partial charge in [0.15, 0.2) is 0 Å². The van der Waals surface area contributed by atoms with E-state index in [1.165, 1.54) is 18.9 Å². The molecule has 8 heteroatoms. The number of methoxy groups -OCH3 is 1. The monoisotopic (exact) mass is 281 g/mol. The van der Waals surface area contributed by atoms with Gasteiger partial charge in [-0.3, -0.25) is 0 Å². The van der Waals surface area contributed by atoms with Crippen molar-refractivity contribution in [2.45, 2.75) is 30.6 Å². The van der Waals surface area contributed by atoms with E-state index in [1.54, 1.807) is 6.26 Å². The van der Waals surface area contributed by atoms with Crippen LogP contribution in [0.3, 0.4) is 0 Å². The van der Waals surface area contributed by atoms with Crippen LogP contribution < -0.4 is 10.1 Å². The summed E-state index contributed by atoms with van der Waals surface area (Å²) < 4.78 is 10.3. The lowest BCUT2D eigenvalue weighted by molar-refractivity contribution is 0.373. The number of anilines is 1. The summed E-state index contributed by atoms with van der Waals surface area (Å²) in [6.07, 6.45) is 2.56. The smallest absolute Gasteiger partial charge is 0.321 e. The number of aryl methyl sites for hydroxylation is 1. The number of nitrogens with one attached hydrogen (secondary N) is 1. The van der Waals surface area contributed by atoms with Crippen LogP contribution in [0.5, 0.6) is 6.01 Å². The number of ether oxygens (including phenoxy) is 1. The molecule has 0 aromatic carbocycles. The second-order valence-electron chi connectivity index (χ2n) is 3.71. The van der Waals surface area contributed by atoms with Crippen molar-refractivity contribution in [2.75, 3.05) is 19.0 Å². The van der Waals surface area contributed by atoms with Gasteiger partial charge >= 0.3 is 6.01 Å². The lowest BCUT2D eigenvalue weighted by Gasteiger charge is -2.05. The molecule has 0 aliphatic heterocycles. The fourth-order valence-corrected chi connectivity index (χ4v) is 1.95. The number of aromatic nitrogens is 4. The summed E-state index contributed by atoms with van der Waals surface area (Å²) in [5, 5.41) is 4.07. The number of hydrogen-bond donors (Lipinski definition) is 1. The molecule has 7 nitrogen and oxygen atoms in total. The van der Waals surface area contributed by atoms with E-state index in [2.05, 4.69) is 32.2 Å². The number of hydrogen-bond acceptors (Lipinski definition) is 8. The molecule has 2 heterocycles. The lowest BCUT2D eigenvalue weighted by Crippen LogP contribution is -2.07. The van der Waals surface area contributed by atoms with E-state index in [9.17, 15) is 0 Å². The summed E-state index contributed by atoms with van der Waals surface area (Å²) in [5.74, 6) is 0.486. The molecule has 102 valence electrons. The third-order valence-electron chi connectivity index (χ3n) is 2.09. The minimum atomic E-state index is 0.263. The summed E-state index contributed by atoms with van der Waals surface area (Å²) in [7, 11) is 1.52. The highest BCUT2D eigenvalue weighted by molar-refractivity contribution is 7.98. The third kappa shape index (κ3) is 3.82. The van der Waals surface area contributed by atoms with Crippen molar-refractivity contribution >= 4 is 17.7 Å². The van der Waals surface area contributed by atoms with Gasteiger partial charge in [0.25, 0.3) is 5.22 Å². The van der Waals surface area contributed by atoms with Crippen LogP contribution in [-0.4, -0.2) is 33.6 Å². The molecule has 0 fully saturated rings. The van der Waals surface area contributed by atoms with Crippen molar-refractivity contribution < 1.29 is 9.15 Å². The van der Waals surface area contributed by atoms with Gasteiger partial charge < -0.3 is 14.5 Å². The highest BCUT2D eigenvalue weighted by atomic mass is 32.2. The van der Waals surface area contributed by atoms with Crippen LogP contribution >= 0.6 is 11.8 Å². The zero-order valence-corrected chi connectivity index (χ0v) is 11.8. The first-order valence-corrected chi connectivity index (χ1v) is 6.67. The maximum atomic E-state index is 5.25. The van der Waals surface area contributed by atoms with E-state index in [1.807, 2.05) is 6.92 Å². The topological polar surface area (TPSA) is 86.0 Å². The van der Waals surface area contributed by atoms with Gasteiger partial charge in [-0.1, -0.05) is 6.92 Å². The van der Waals surface area contributed by atoms with E-state index in [0.717, 1.165) is 18.7 Å². The largest absolute Gasteiger partial charge is 0.467 e. The van der Waals surface area contributed by atoms with E-state index < -0.39 is 0 Å². The Hall–Kier alpha value is -1.83. The Morgan fingerprint density at radius 2 is 2.16 bits per heavy atom. The molecule has 1 N–H and O–H groups in total. The van der Waals surface area contributed by atoms with Crippen molar-refractivity contribution in [3.8, 4) is 6.01 Å². The molecule has 0 saturated heterocycles. The van der Waals surface area contributed by atoms with Crippen LogP contribution in [0.25, 0.3) is 0 Å². The average Bonchev–Trinajstić information content (AvgIpc) is 2.81. The molecule has 19 heavy (non-hydrogen) atoms. The van der Waals surface area contributed by atoms with Crippen LogP contribution in [0.2, 0.25) is 0 Å². The minimum Gasteiger partial charge on any atom is -0.467 e. The van der Waals surface area contributed by atoms with Gasteiger partial charge in [-0.15, -0.1) is 0 Å². The van der Waals surface area contributed by atoms with Crippen molar-refractivity contribution in [1.82, 2.24) is 19.9 Å². The van der Waals surface area contributed by atoms with Crippen LogP contribution in [0.4, 0.5) is 5.95 Å². The van der Waals surface area contributed by atoms with Gasteiger partial charge in [0.2, 0.25) is 11.1 Å². The quantitative estimate of drug-likeness (QED) is 0.862. The van der Waals surface area contributed by atoms with Crippen molar-refractivity contribution in [3.05, 3.63) is 12.0 Å². The Kier molecular flexibility index (Phi) is 4.56. The predicted molar refractivity (Wildman–Crippen MR) is 70.5 cm³/mol. The second kappa shape index (κ2) is 6.37. The molecular formula is C11H15N5O2S.